The maximum atomic E-state index is 12.2. The Balaban J connectivity index is 2.28. The number of hydrogen-bond donors (Lipinski definition) is 0. The molecular formula is C17H14Cl2O3. The van der Waals surface area contributed by atoms with Crippen molar-refractivity contribution in [1.29, 1.82) is 0 Å². The third-order valence-corrected chi connectivity index (χ3v) is 3.89. The van der Waals surface area contributed by atoms with E-state index in [4.69, 9.17) is 32.7 Å². The highest BCUT2D eigenvalue weighted by molar-refractivity contribution is 6.44. The van der Waals surface area contributed by atoms with Gasteiger partial charge in [-0.15, -0.1) is 0 Å². The van der Waals surface area contributed by atoms with Crippen LogP contribution in [0.1, 0.15) is 15.9 Å². The van der Waals surface area contributed by atoms with E-state index in [0.29, 0.717) is 22.1 Å². The first-order valence-corrected chi connectivity index (χ1v) is 7.21. The molecule has 114 valence electrons. The minimum Gasteiger partial charge on any atom is -0.497 e. The number of rotatable bonds is 5. The van der Waals surface area contributed by atoms with Crippen molar-refractivity contribution in [3.63, 3.8) is 0 Å². The zero-order valence-corrected chi connectivity index (χ0v) is 13.6. The number of allylic oxidation sites excluding steroid dienone is 1. The molecule has 0 unspecified atom stereocenters. The van der Waals surface area contributed by atoms with Crippen LogP contribution in [-0.2, 0) is 0 Å². The van der Waals surface area contributed by atoms with Crippen molar-refractivity contribution in [1.82, 2.24) is 0 Å². The van der Waals surface area contributed by atoms with Gasteiger partial charge in [-0.2, -0.15) is 0 Å². The van der Waals surface area contributed by atoms with E-state index in [1.54, 1.807) is 56.7 Å². The summed E-state index contributed by atoms with van der Waals surface area (Å²) >= 11 is 12.0. The molecule has 0 atom stereocenters. The van der Waals surface area contributed by atoms with Gasteiger partial charge in [0.25, 0.3) is 0 Å². The molecule has 0 aromatic heterocycles. The molecule has 0 bridgehead atoms. The van der Waals surface area contributed by atoms with Crippen molar-refractivity contribution in [3.05, 3.63) is 63.6 Å². The molecule has 0 saturated carbocycles. The summed E-state index contributed by atoms with van der Waals surface area (Å²) in [5.74, 6) is 1.06. The number of hydrogen-bond acceptors (Lipinski definition) is 3. The molecule has 2 rings (SSSR count). The second-order valence-electron chi connectivity index (χ2n) is 4.41. The van der Waals surface area contributed by atoms with Crippen molar-refractivity contribution in [3.8, 4) is 11.5 Å². The van der Waals surface area contributed by atoms with Crippen molar-refractivity contribution in [2.45, 2.75) is 0 Å². The molecule has 0 spiro atoms. The van der Waals surface area contributed by atoms with Gasteiger partial charge < -0.3 is 9.47 Å². The monoisotopic (exact) mass is 336 g/mol. The molecule has 0 aliphatic heterocycles. The van der Waals surface area contributed by atoms with E-state index < -0.39 is 0 Å². The fraction of sp³-hybridized carbons (Fsp3) is 0.118. The molecule has 0 heterocycles. The van der Waals surface area contributed by atoms with Gasteiger partial charge in [0.05, 0.1) is 24.3 Å². The third kappa shape index (κ3) is 3.62. The number of carbonyl (C=O) groups is 1. The number of methoxy groups -OCH3 is 2. The number of ketones is 1. The summed E-state index contributed by atoms with van der Waals surface area (Å²) < 4.78 is 10.4. The number of carbonyl (C=O) groups excluding carboxylic acids is 1. The Hall–Kier alpha value is -1.97. The molecule has 2 aromatic rings. The van der Waals surface area contributed by atoms with Gasteiger partial charge in [-0.25, -0.2) is 0 Å². The first-order valence-electron chi connectivity index (χ1n) is 6.45. The predicted molar refractivity (Wildman–Crippen MR) is 89.4 cm³/mol. The topological polar surface area (TPSA) is 35.5 Å². The van der Waals surface area contributed by atoms with Crippen molar-refractivity contribution in [2.24, 2.45) is 0 Å². The van der Waals surface area contributed by atoms with Crippen LogP contribution in [0, 0.1) is 0 Å². The highest BCUT2D eigenvalue weighted by atomic mass is 35.5. The van der Waals surface area contributed by atoms with E-state index in [9.17, 15) is 4.79 Å². The molecule has 3 nitrogen and oxygen atoms in total. The molecule has 0 fully saturated rings. The number of ether oxygens (including phenoxy) is 2. The number of halogens is 2. The van der Waals surface area contributed by atoms with Crippen LogP contribution in [-0.4, -0.2) is 20.0 Å². The summed E-state index contributed by atoms with van der Waals surface area (Å²) in [5.41, 5.74) is 1.12. The van der Waals surface area contributed by atoms with Crippen LogP contribution in [0.25, 0.3) is 6.08 Å². The normalized spacial score (nSPS) is 10.7. The minimum atomic E-state index is -0.231. The van der Waals surface area contributed by atoms with Gasteiger partial charge in [-0.1, -0.05) is 29.3 Å². The molecule has 0 amide bonds. The van der Waals surface area contributed by atoms with Crippen LogP contribution >= 0.6 is 23.2 Å². The van der Waals surface area contributed by atoms with Crippen molar-refractivity contribution >= 4 is 35.1 Å². The van der Waals surface area contributed by atoms with Gasteiger partial charge in [0.1, 0.15) is 11.5 Å². The van der Waals surface area contributed by atoms with E-state index in [-0.39, 0.29) is 10.8 Å². The predicted octanol–water partition coefficient (Wildman–Crippen LogP) is 4.91. The molecule has 5 heteroatoms. The molecule has 2 aromatic carbocycles. The average Bonchev–Trinajstić information content (AvgIpc) is 2.54. The lowest BCUT2D eigenvalue weighted by atomic mass is 10.1. The summed E-state index contributed by atoms with van der Waals surface area (Å²) in [6, 6.07) is 10.3. The van der Waals surface area contributed by atoms with Crippen LogP contribution in [0.5, 0.6) is 11.5 Å². The first-order chi connectivity index (χ1) is 10.6. The first kappa shape index (κ1) is 16.4. The third-order valence-electron chi connectivity index (χ3n) is 3.07. The molecule has 0 aliphatic carbocycles. The summed E-state index contributed by atoms with van der Waals surface area (Å²) in [6.07, 6.45) is 3.10. The maximum absolute atomic E-state index is 12.2. The van der Waals surface area contributed by atoms with Gasteiger partial charge in [0.2, 0.25) is 0 Å². The van der Waals surface area contributed by atoms with Crippen LogP contribution in [0.3, 0.4) is 0 Å². The van der Waals surface area contributed by atoms with E-state index in [0.717, 1.165) is 5.56 Å². The summed E-state index contributed by atoms with van der Waals surface area (Å²) in [4.78, 5) is 12.2. The molecule has 22 heavy (non-hydrogen) atoms. The fourth-order valence-corrected chi connectivity index (χ4v) is 2.30. The smallest absolute Gasteiger partial charge is 0.187 e. The second-order valence-corrected chi connectivity index (χ2v) is 5.19. The van der Waals surface area contributed by atoms with Gasteiger partial charge in [0, 0.05) is 17.2 Å². The summed E-state index contributed by atoms with van der Waals surface area (Å²) in [6.45, 7) is 0. The Bertz CT molecular complexity index is 724. The Kier molecular flexibility index (Phi) is 5.47. The lowest BCUT2D eigenvalue weighted by Crippen LogP contribution is -1.96. The molecule has 0 aliphatic rings. The Morgan fingerprint density at radius 2 is 1.86 bits per heavy atom. The van der Waals surface area contributed by atoms with Gasteiger partial charge in [-0.05, 0) is 36.4 Å². The van der Waals surface area contributed by atoms with Crippen LogP contribution in [0.2, 0.25) is 10.0 Å². The lowest BCUT2D eigenvalue weighted by Gasteiger charge is -2.07. The van der Waals surface area contributed by atoms with E-state index in [1.807, 2.05) is 0 Å². The largest absolute Gasteiger partial charge is 0.497 e. The molecule has 0 saturated heterocycles. The van der Waals surface area contributed by atoms with Crippen LogP contribution in [0.15, 0.2) is 42.5 Å². The van der Waals surface area contributed by atoms with Gasteiger partial charge in [-0.3, -0.25) is 4.79 Å². The quantitative estimate of drug-likeness (QED) is 0.575. The zero-order chi connectivity index (χ0) is 16.1. The molecule has 0 N–H and O–H groups in total. The lowest BCUT2D eigenvalue weighted by molar-refractivity contribution is 0.104. The highest BCUT2D eigenvalue weighted by Gasteiger charge is 2.10. The Morgan fingerprint density at radius 1 is 1.09 bits per heavy atom. The van der Waals surface area contributed by atoms with Crippen LogP contribution in [0.4, 0.5) is 0 Å². The Morgan fingerprint density at radius 3 is 2.55 bits per heavy atom. The van der Waals surface area contributed by atoms with Crippen LogP contribution < -0.4 is 9.47 Å². The zero-order valence-electron chi connectivity index (χ0n) is 12.1. The van der Waals surface area contributed by atoms with Crippen molar-refractivity contribution in [2.75, 3.05) is 14.2 Å². The van der Waals surface area contributed by atoms with E-state index in [2.05, 4.69) is 0 Å². The van der Waals surface area contributed by atoms with Crippen molar-refractivity contribution < 1.29 is 14.3 Å². The summed E-state index contributed by atoms with van der Waals surface area (Å²) in [5, 5.41) is 0.600. The molecule has 0 radical (unpaired) electrons. The number of benzene rings is 2. The standard InChI is InChI=1S/C17H14Cl2O3/c1-21-12-8-6-11(16(10-12)22-2)7-9-15(20)13-4-3-5-14(18)17(13)19/h3-10H,1-2H3/b9-7+. The van der Waals surface area contributed by atoms with E-state index in [1.165, 1.54) is 6.08 Å². The van der Waals surface area contributed by atoms with Gasteiger partial charge >= 0.3 is 0 Å². The SMILES string of the molecule is COc1ccc(/C=C/C(=O)c2cccc(Cl)c2Cl)c(OC)c1. The average molecular weight is 337 g/mol. The molecular weight excluding hydrogens is 323 g/mol. The second kappa shape index (κ2) is 7.34. The Labute approximate surface area is 139 Å². The minimum absolute atomic E-state index is 0.231. The van der Waals surface area contributed by atoms with Gasteiger partial charge in [0.15, 0.2) is 5.78 Å². The maximum Gasteiger partial charge on any atom is 0.187 e. The van der Waals surface area contributed by atoms with E-state index >= 15 is 0 Å². The highest BCUT2D eigenvalue weighted by Crippen LogP contribution is 2.28. The summed E-state index contributed by atoms with van der Waals surface area (Å²) in [7, 11) is 3.14. The fourth-order valence-electron chi connectivity index (χ4n) is 1.91.